The van der Waals surface area contributed by atoms with Gasteiger partial charge in [0.2, 0.25) is 0 Å². The summed E-state index contributed by atoms with van der Waals surface area (Å²) < 4.78 is 15.8. The molecule has 33 heavy (non-hydrogen) atoms. The fraction of sp³-hybridized carbons (Fsp3) is 0.208. The minimum atomic E-state index is -0.274. The van der Waals surface area contributed by atoms with E-state index in [1.54, 1.807) is 52.3 Å². The van der Waals surface area contributed by atoms with E-state index in [-0.39, 0.29) is 17.6 Å². The number of halogens is 1. The van der Waals surface area contributed by atoms with Crippen molar-refractivity contribution in [2.24, 2.45) is 5.92 Å². The van der Waals surface area contributed by atoms with Crippen LogP contribution in [-0.4, -0.2) is 43.6 Å². The van der Waals surface area contributed by atoms with Crippen molar-refractivity contribution in [1.82, 2.24) is 24.6 Å². The predicted molar refractivity (Wildman–Crippen MR) is 120 cm³/mol. The van der Waals surface area contributed by atoms with Gasteiger partial charge >= 0.3 is 0 Å². The molecule has 8 nitrogen and oxygen atoms in total. The summed E-state index contributed by atoms with van der Waals surface area (Å²) in [5.74, 6) is 0.596. The molecule has 164 valence electrons. The lowest BCUT2D eigenvalue weighted by Crippen LogP contribution is -2.28. The highest BCUT2D eigenvalue weighted by Gasteiger charge is 2.26. The first-order valence-electron chi connectivity index (χ1n) is 10.6. The van der Waals surface area contributed by atoms with Gasteiger partial charge in [-0.05, 0) is 24.6 Å². The lowest BCUT2D eigenvalue weighted by Gasteiger charge is -2.15. The molecule has 1 N–H and O–H groups in total. The number of aromatic nitrogens is 4. The van der Waals surface area contributed by atoms with Gasteiger partial charge in [0.25, 0.3) is 5.91 Å². The summed E-state index contributed by atoms with van der Waals surface area (Å²) in [6.07, 6.45) is 5.61. The van der Waals surface area contributed by atoms with Gasteiger partial charge < -0.3 is 10.2 Å². The molecule has 0 radical (unpaired) electrons. The molecule has 1 aromatic carbocycles. The molecule has 1 unspecified atom stereocenters. The Morgan fingerprint density at radius 2 is 2.00 bits per heavy atom. The van der Waals surface area contributed by atoms with Crippen LogP contribution in [0.15, 0.2) is 61.1 Å². The number of hydrogen-bond donors (Lipinski definition) is 1. The van der Waals surface area contributed by atoms with E-state index in [2.05, 4.69) is 26.5 Å². The second kappa shape index (κ2) is 8.67. The van der Waals surface area contributed by atoms with Crippen molar-refractivity contribution in [3.63, 3.8) is 0 Å². The van der Waals surface area contributed by atoms with Crippen LogP contribution in [0.4, 0.5) is 16.0 Å². The summed E-state index contributed by atoms with van der Waals surface area (Å²) in [6, 6.07) is 14.1. The molecule has 4 heterocycles. The zero-order valence-corrected chi connectivity index (χ0v) is 17.6. The Balaban J connectivity index is 1.31. The number of hydrogen-bond acceptors (Lipinski definition) is 6. The maximum Gasteiger partial charge on any atom is 0.255 e. The van der Waals surface area contributed by atoms with Crippen LogP contribution in [0.2, 0.25) is 0 Å². The summed E-state index contributed by atoms with van der Waals surface area (Å²) in [4.78, 5) is 23.0. The van der Waals surface area contributed by atoms with Crippen LogP contribution in [-0.2, 0) is 6.54 Å². The average molecular weight is 441 g/mol. The molecule has 1 fully saturated rings. The van der Waals surface area contributed by atoms with Crippen molar-refractivity contribution in [2.45, 2.75) is 13.0 Å². The Kier molecular flexibility index (Phi) is 5.40. The van der Waals surface area contributed by atoms with Crippen LogP contribution < -0.4 is 5.32 Å². The van der Waals surface area contributed by atoms with Crippen molar-refractivity contribution in [1.29, 1.82) is 5.26 Å². The molecular weight excluding hydrogens is 421 g/mol. The smallest absolute Gasteiger partial charge is 0.255 e. The first-order chi connectivity index (χ1) is 16.1. The van der Waals surface area contributed by atoms with Gasteiger partial charge in [-0.3, -0.25) is 9.48 Å². The summed E-state index contributed by atoms with van der Waals surface area (Å²) in [5.41, 5.74) is 1.84. The van der Waals surface area contributed by atoms with Crippen LogP contribution in [0.25, 0.3) is 10.9 Å². The minimum Gasteiger partial charge on any atom is -0.337 e. The summed E-state index contributed by atoms with van der Waals surface area (Å²) >= 11 is 0. The molecule has 0 bridgehead atoms. The van der Waals surface area contributed by atoms with Crippen LogP contribution in [0, 0.1) is 23.1 Å². The van der Waals surface area contributed by atoms with Crippen LogP contribution >= 0.6 is 0 Å². The fourth-order valence-corrected chi connectivity index (χ4v) is 3.91. The lowest BCUT2D eigenvalue weighted by molar-refractivity contribution is 0.0789. The van der Waals surface area contributed by atoms with E-state index in [1.165, 1.54) is 12.3 Å². The Hall–Kier alpha value is -4.32. The number of pyridine rings is 2. The zero-order chi connectivity index (χ0) is 22.8. The molecule has 0 spiro atoms. The molecule has 1 saturated heterocycles. The molecule has 1 aliphatic rings. The van der Waals surface area contributed by atoms with Crippen molar-refractivity contribution in [3.05, 3.63) is 78.0 Å². The third-order valence-electron chi connectivity index (χ3n) is 5.73. The van der Waals surface area contributed by atoms with E-state index in [0.717, 1.165) is 10.9 Å². The minimum absolute atomic E-state index is 0.101. The van der Waals surface area contributed by atoms with E-state index in [1.807, 2.05) is 6.07 Å². The molecule has 1 atom stereocenters. The van der Waals surface area contributed by atoms with Crippen molar-refractivity contribution in [3.8, 4) is 6.07 Å². The zero-order valence-electron chi connectivity index (χ0n) is 17.6. The van der Waals surface area contributed by atoms with E-state index in [4.69, 9.17) is 5.26 Å². The maximum atomic E-state index is 14.1. The van der Waals surface area contributed by atoms with Crippen LogP contribution in [0.1, 0.15) is 22.3 Å². The van der Waals surface area contributed by atoms with E-state index in [0.29, 0.717) is 48.8 Å². The highest BCUT2D eigenvalue weighted by Crippen LogP contribution is 2.22. The quantitative estimate of drug-likeness (QED) is 0.506. The summed E-state index contributed by atoms with van der Waals surface area (Å²) in [7, 11) is 0. The Morgan fingerprint density at radius 1 is 1.15 bits per heavy atom. The molecule has 1 aliphatic heterocycles. The second-order valence-electron chi connectivity index (χ2n) is 7.94. The standard InChI is InChI=1S/C24H20FN7O/c25-20-4-2-1-3-18(20)15-32-21-9-23(28-12-19(21)13-29-32)30-22-6-5-17(11-27-22)24(33)31-8-7-16(10-26)14-31/h1-6,9,11-13,16H,7-8,14-15H2,(H,27,28,30). The van der Waals surface area contributed by atoms with Gasteiger partial charge in [-0.15, -0.1) is 0 Å². The fourth-order valence-electron chi connectivity index (χ4n) is 3.91. The SMILES string of the molecule is N#CC1CCN(C(=O)c2ccc(Nc3cc4c(cn3)cnn4Cc3ccccc3F)nc2)C1. The number of rotatable bonds is 5. The number of carbonyl (C=O) groups excluding carboxylic acids is 1. The number of nitrogens with one attached hydrogen (secondary N) is 1. The van der Waals surface area contributed by atoms with Gasteiger partial charge in [-0.1, -0.05) is 18.2 Å². The topological polar surface area (TPSA) is 99.7 Å². The van der Waals surface area contributed by atoms with E-state index in [9.17, 15) is 9.18 Å². The Bertz CT molecular complexity index is 1360. The molecule has 3 aromatic heterocycles. The molecule has 5 rings (SSSR count). The second-order valence-corrected chi connectivity index (χ2v) is 7.94. The third kappa shape index (κ3) is 4.23. The Morgan fingerprint density at radius 3 is 2.76 bits per heavy atom. The van der Waals surface area contributed by atoms with Gasteiger partial charge in [0.05, 0.1) is 35.8 Å². The summed E-state index contributed by atoms with van der Waals surface area (Å²) in [6.45, 7) is 1.35. The molecule has 9 heteroatoms. The maximum absolute atomic E-state index is 14.1. The first kappa shape index (κ1) is 20.6. The highest BCUT2D eigenvalue weighted by molar-refractivity contribution is 5.94. The number of fused-ring (bicyclic) bond motifs is 1. The molecule has 0 aliphatic carbocycles. The van der Waals surface area contributed by atoms with Crippen molar-refractivity contribution in [2.75, 3.05) is 18.4 Å². The van der Waals surface area contributed by atoms with Gasteiger partial charge in [0.1, 0.15) is 17.5 Å². The summed E-state index contributed by atoms with van der Waals surface area (Å²) in [5, 5.41) is 17.4. The number of carbonyl (C=O) groups is 1. The predicted octanol–water partition coefficient (Wildman–Crippen LogP) is 3.74. The van der Waals surface area contributed by atoms with Crippen LogP contribution in [0.3, 0.4) is 0 Å². The first-order valence-corrected chi connectivity index (χ1v) is 10.6. The highest BCUT2D eigenvalue weighted by atomic mass is 19.1. The normalized spacial score (nSPS) is 15.5. The average Bonchev–Trinajstić information content (AvgIpc) is 3.48. The monoisotopic (exact) mass is 441 g/mol. The van der Waals surface area contributed by atoms with Gasteiger partial charge in [0.15, 0.2) is 0 Å². The van der Waals surface area contributed by atoms with E-state index < -0.39 is 0 Å². The molecule has 4 aromatic rings. The number of anilines is 2. The number of likely N-dealkylation sites (tertiary alicyclic amines) is 1. The van der Waals surface area contributed by atoms with Gasteiger partial charge in [-0.2, -0.15) is 10.4 Å². The number of benzene rings is 1. The molecular formula is C24H20FN7O. The largest absolute Gasteiger partial charge is 0.337 e. The number of nitriles is 1. The Labute approximate surface area is 189 Å². The third-order valence-corrected chi connectivity index (χ3v) is 5.73. The van der Waals surface area contributed by atoms with Gasteiger partial charge in [0, 0.05) is 42.5 Å². The number of nitrogens with zero attached hydrogens (tertiary/aromatic N) is 6. The lowest BCUT2D eigenvalue weighted by atomic mass is 10.1. The van der Waals surface area contributed by atoms with Crippen molar-refractivity contribution >= 4 is 28.4 Å². The molecule has 1 amide bonds. The van der Waals surface area contributed by atoms with E-state index >= 15 is 0 Å². The number of amides is 1. The van der Waals surface area contributed by atoms with Gasteiger partial charge in [-0.25, -0.2) is 14.4 Å². The van der Waals surface area contributed by atoms with Crippen LogP contribution in [0.5, 0.6) is 0 Å². The van der Waals surface area contributed by atoms with Crippen molar-refractivity contribution < 1.29 is 9.18 Å². The molecule has 0 saturated carbocycles.